The molecule has 0 spiro atoms. The Morgan fingerprint density at radius 2 is 1.82 bits per heavy atom. The minimum absolute atomic E-state index is 0.250. The lowest BCUT2D eigenvalue weighted by molar-refractivity contribution is -0.126. The Bertz CT molecular complexity index is 249. The molecule has 0 aliphatic heterocycles. The molecule has 0 aromatic rings. The van der Waals surface area contributed by atoms with Crippen LogP contribution in [-0.4, -0.2) is 17.3 Å². The van der Waals surface area contributed by atoms with E-state index < -0.39 is 0 Å². The van der Waals surface area contributed by atoms with Crippen LogP contribution in [0.4, 0.5) is 0 Å². The van der Waals surface area contributed by atoms with E-state index >= 15 is 0 Å². The minimum Gasteiger partial charge on any atom is -0.355 e. The number of halogens is 1. The molecule has 1 N–H and O–H groups in total. The van der Waals surface area contributed by atoms with Crippen LogP contribution in [0.3, 0.4) is 0 Å². The molecule has 2 nitrogen and oxygen atoms in total. The first-order valence-corrected chi connectivity index (χ1v) is 7.64. The Morgan fingerprint density at radius 3 is 2.24 bits per heavy atom. The number of hydrogen-bond donors (Lipinski definition) is 1. The molecule has 100 valence electrons. The average molecular weight is 304 g/mol. The molecular weight excluding hydrogens is 278 g/mol. The Hall–Kier alpha value is -0.0500. The number of hydrogen-bond acceptors (Lipinski definition) is 1. The first-order chi connectivity index (χ1) is 7.80. The smallest absolute Gasteiger partial charge is 0.223 e. The van der Waals surface area contributed by atoms with E-state index in [0.29, 0.717) is 10.2 Å². The van der Waals surface area contributed by atoms with Crippen molar-refractivity contribution in [3.63, 3.8) is 0 Å². The molecule has 1 amide bonds. The van der Waals surface area contributed by atoms with E-state index in [9.17, 15) is 4.79 Å². The Labute approximate surface area is 114 Å². The Morgan fingerprint density at radius 1 is 1.29 bits per heavy atom. The number of carbonyl (C=O) groups is 1. The summed E-state index contributed by atoms with van der Waals surface area (Å²) in [5.41, 5.74) is 0.395. The van der Waals surface area contributed by atoms with Gasteiger partial charge in [-0.05, 0) is 37.0 Å². The van der Waals surface area contributed by atoms with Crippen LogP contribution in [0.15, 0.2) is 0 Å². The molecule has 0 aromatic carbocycles. The molecule has 1 atom stereocenters. The molecule has 1 unspecified atom stereocenters. The van der Waals surface area contributed by atoms with E-state index in [1.807, 2.05) is 0 Å². The summed E-state index contributed by atoms with van der Waals surface area (Å²) in [5.74, 6) is 1.28. The molecule has 3 heteroatoms. The van der Waals surface area contributed by atoms with Crippen molar-refractivity contribution in [2.45, 2.75) is 58.2 Å². The number of rotatable bonds is 3. The van der Waals surface area contributed by atoms with Crippen molar-refractivity contribution in [1.29, 1.82) is 0 Å². The highest BCUT2D eigenvalue weighted by Crippen LogP contribution is 2.39. The zero-order chi connectivity index (χ0) is 13.1. The second-order valence-electron chi connectivity index (χ2n) is 6.44. The molecule has 1 saturated carbocycles. The van der Waals surface area contributed by atoms with Gasteiger partial charge in [-0.2, -0.15) is 0 Å². The molecule has 1 rings (SSSR count). The first kappa shape index (κ1) is 15.0. The fourth-order valence-electron chi connectivity index (χ4n) is 2.61. The SMILES string of the molecule is CC(Br)CNC(=O)C1CCC(C(C)(C)C)CC1. The van der Waals surface area contributed by atoms with Gasteiger partial charge in [0.2, 0.25) is 5.91 Å². The second-order valence-corrected chi connectivity index (χ2v) is 8.00. The van der Waals surface area contributed by atoms with Gasteiger partial charge in [-0.1, -0.05) is 43.6 Å². The summed E-state index contributed by atoms with van der Waals surface area (Å²) in [5, 5.41) is 3.02. The van der Waals surface area contributed by atoms with Gasteiger partial charge >= 0.3 is 0 Å². The highest BCUT2D eigenvalue weighted by atomic mass is 79.9. The summed E-state index contributed by atoms with van der Waals surface area (Å²) < 4.78 is 0. The van der Waals surface area contributed by atoms with Crippen molar-refractivity contribution in [1.82, 2.24) is 5.32 Å². The van der Waals surface area contributed by atoms with E-state index in [4.69, 9.17) is 0 Å². The molecule has 1 fully saturated rings. The monoisotopic (exact) mass is 303 g/mol. The van der Waals surface area contributed by atoms with E-state index in [2.05, 4.69) is 48.9 Å². The lowest BCUT2D eigenvalue weighted by Crippen LogP contribution is -2.37. The summed E-state index contributed by atoms with van der Waals surface area (Å²) in [4.78, 5) is 12.3. The van der Waals surface area contributed by atoms with Gasteiger partial charge in [0.05, 0.1) is 0 Å². The fourth-order valence-corrected chi connectivity index (χ4v) is 2.77. The summed E-state index contributed by atoms with van der Waals surface area (Å²) >= 11 is 3.45. The topological polar surface area (TPSA) is 29.1 Å². The fraction of sp³-hybridized carbons (Fsp3) is 0.929. The summed E-state index contributed by atoms with van der Waals surface area (Å²) in [6.45, 7) is 9.72. The third-order valence-electron chi connectivity index (χ3n) is 3.88. The van der Waals surface area contributed by atoms with Gasteiger partial charge in [0.25, 0.3) is 0 Å². The molecule has 17 heavy (non-hydrogen) atoms. The van der Waals surface area contributed by atoms with Crippen LogP contribution in [0.2, 0.25) is 0 Å². The van der Waals surface area contributed by atoms with Crippen molar-refractivity contribution in [3.8, 4) is 0 Å². The molecular formula is C14H26BrNO. The quantitative estimate of drug-likeness (QED) is 0.791. The van der Waals surface area contributed by atoms with Crippen molar-refractivity contribution in [2.24, 2.45) is 17.3 Å². The highest BCUT2D eigenvalue weighted by molar-refractivity contribution is 9.09. The van der Waals surface area contributed by atoms with Gasteiger partial charge in [0, 0.05) is 17.3 Å². The van der Waals surface area contributed by atoms with Crippen molar-refractivity contribution < 1.29 is 4.79 Å². The maximum atomic E-state index is 11.9. The predicted molar refractivity (Wildman–Crippen MR) is 76.3 cm³/mol. The van der Waals surface area contributed by atoms with Crippen LogP contribution in [0.5, 0.6) is 0 Å². The van der Waals surface area contributed by atoms with Gasteiger partial charge in [-0.3, -0.25) is 4.79 Å². The van der Waals surface area contributed by atoms with Crippen molar-refractivity contribution in [2.75, 3.05) is 6.54 Å². The predicted octanol–water partition coefficient (Wildman–Crippen LogP) is 3.74. The van der Waals surface area contributed by atoms with Crippen LogP contribution in [0.1, 0.15) is 53.4 Å². The van der Waals surface area contributed by atoms with Crippen LogP contribution < -0.4 is 5.32 Å². The highest BCUT2D eigenvalue weighted by Gasteiger charge is 2.32. The zero-order valence-corrected chi connectivity index (χ0v) is 13.1. The largest absolute Gasteiger partial charge is 0.355 e. The molecule has 0 aromatic heterocycles. The summed E-state index contributed by atoms with van der Waals surface area (Å²) in [6, 6.07) is 0. The summed E-state index contributed by atoms with van der Waals surface area (Å²) in [7, 11) is 0. The van der Waals surface area contributed by atoms with Gasteiger partial charge in [-0.15, -0.1) is 0 Å². The lowest BCUT2D eigenvalue weighted by atomic mass is 9.69. The Balaban J connectivity index is 2.34. The standard InChI is InChI=1S/C14H26BrNO/c1-10(15)9-16-13(17)11-5-7-12(8-6-11)14(2,3)4/h10-12H,5-9H2,1-4H3,(H,16,17). The van der Waals surface area contributed by atoms with Crippen LogP contribution in [-0.2, 0) is 4.79 Å². The maximum Gasteiger partial charge on any atom is 0.223 e. The third-order valence-corrected chi connectivity index (χ3v) is 4.20. The summed E-state index contributed by atoms with van der Waals surface area (Å²) in [6.07, 6.45) is 4.52. The molecule has 0 saturated heterocycles. The van der Waals surface area contributed by atoms with Crippen molar-refractivity contribution >= 4 is 21.8 Å². The third kappa shape index (κ3) is 4.99. The van der Waals surface area contributed by atoms with E-state index in [1.54, 1.807) is 0 Å². The first-order valence-electron chi connectivity index (χ1n) is 6.72. The molecule has 1 aliphatic rings. The molecule has 1 aliphatic carbocycles. The minimum atomic E-state index is 0.250. The number of carbonyl (C=O) groups excluding carboxylic acids is 1. The normalized spacial score (nSPS) is 27.6. The van der Waals surface area contributed by atoms with Gasteiger partial charge in [0.1, 0.15) is 0 Å². The van der Waals surface area contributed by atoms with Crippen LogP contribution >= 0.6 is 15.9 Å². The van der Waals surface area contributed by atoms with Gasteiger partial charge < -0.3 is 5.32 Å². The maximum absolute atomic E-state index is 11.9. The molecule has 0 bridgehead atoms. The van der Waals surface area contributed by atoms with E-state index in [0.717, 1.165) is 25.3 Å². The van der Waals surface area contributed by atoms with Crippen molar-refractivity contribution in [3.05, 3.63) is 0 Å². The van der Waals surface area contributed by atoms with Gasteiger partial charge in [0.15, 0.2) is 0 Å². The Kier molecular flexibility index (Phi) is 5.49. The van der Waals surface area contributed by atoms with E-state index in [1.165, 1.54) is 12.8 Å². The number of amides is 1. The van der Waals surface area contributed by atoms with Gasteiger partial charge in [-0.25, -0.2) is 0 Å². The zero-order valence-electron chi connectivity index (χ0n) is 11.6. The average Bonchev–Trinajstić information content (AvgIpc) is 2.25. The number of alkyl halides is 1. The second kappa shape index (κ2) is 6.21. The van der Waals surface area contributed by atoms with Crippen LogP contribution in [0, 0.1) is 17.3 Å². The molecule has 0 heterocycles. The van der Waals surface area contributed by atoms with E-state index in [-0.39, 0.29) is 11.8 Å². The number of nitrogens with one attached hydrogen (secondary N) is 1. The van der Waals surface area contributed by atoms with Crippen LogP contribution in [0.25, 0.3) is 0 Å². The molecule has 0 radical (unpaired) electrons. The lowest BCUT2D eigenvalue weighted by Gasteiger charge is -2.36.